The van der Waals surface area contributed by atoms with E-state index < -0.39 is 0 Å². The molecule has 8 nitrogen and oxygen atoms in total. The van der Waals surface area contributed by atoms with Crippen LogP contribution in [-0.2, 0) is 13.0 Å². The molecular weight excluding hydrogens is 372 g/mol. The van der Waals surface area contributed by atoms with E-state index in [1.807, 2.05) is 0 Å². The number of fused-ring (bicyclic) bond motifs is 1. The minimum atomic E-state index is -0.158. The maximum absolute atomic E-state index is 12.3. The highest BCUT2D eigenvalue weighted by atomic mass is 35.5. The average molecular weight is 397 g/mol. The van der Waals surface area contributed by atoms with Gasteiger partial charge in [-0.3, -0.25) is 9.89 Å². The number of aromatic amines is 1. The molecule has 0 spiro atoms. The van der Waals surface area contributed by atoms with Crippen LogP contribution in [0.15, 0.2) is 18.2 Å². The van der Waals surface area contributed by atoms with Gasteiger partial charge in [0.1, 0.15) is 17.2 Å². The van der Waals surface area contributed by atoms with Gasteiger partial charge in [-0.1, -0.05) is 0 Å². The molecule has 0 atom stereocenters. The highest BCUT2D eigenvalue weighted by Crippen LogP contribution is 2.27. The van der Waals surface area contributed by atoms with Crippen LogP contribution in [0.25, 0.3) is 0 Å². The number of methoxy groups -OCH3 is 2. The van der Waals surface area contributed by atoms with Crippen molar-refractivity contribution in [1.82, 2.24) is 20.8 Å². The SMILES string of the molecule is COc1cc(OC)cc(OCCCNC(=O)c2n[nH]c3c2CNCC3)c1.Cl. The summed E-state index contributed by atoms with van der Waals surface area (Å²) in [6.07, 6.45) is 1.55. The van der Waals surface area contributed by atoms with Gasteiger partial charge >= 0.3 is 0 Å². The quantitative estimate of drug-likeness (QED) is 0.587. The Labute approximate surface area is 164 Å². The molecule has 1 aliphatic heterocycles. The third-order valence-electron chi connectivity index (χ3n) is 4.22. The maximum Gasteiger partial charge on any atom is 0.272 e. The minimum Gasteiger partial charge on any atom is -0.496 e. The number of carbonyl (C=O) groups excluding carboxylic acids is 1. The number of benzene rings is 1. The zero-order valence-electron chi connectivity index (χ0n) is 15.5. The smallest absolute Gasteiger partial charge is 0.272 e. The van der Waals surface area contributed by atoms with Crippen molar-refractivity contribution >= 4 is 18.3 Å². The lowest BCUT2D eigenvalue weighted by Crippen LogP contribution is -2.29. The largest absolute Gasteiger partial charge is 0.496 e. The van der Waals surface area contributed by atoms with Crippen LogP contribution in [-0.4, -0.2) is 50.0 Å². The molecule has 0 saturated heterocycles. The van der Waals surface area contributed by atoms with Gasteiger partial charge in [-0.25, -0.2) is 0 Å². The van der Waals surface area contributed by atoms with Crippen molar-refractivity contribution < 1.29 is 19.0 Å². The first-order chi connectivity index (χ1) is 12.7. The van der Waals surface area contributed by atoms with Gasteiger partial charge < -0.3 is 24.8 Å². The molecule has 2 heterocycles. The highest BCUT2D eigenvalue weighted by molar-refractivity contribution is 5.94. The zero-order valence-corrected chi connectivity index (χ0v) is 16.3. The Morgan fingerprint density at radius 1 is 1.19 bits per heavy atom. The van der Waals surface area contributed by atoms with Crippen molar-refractivity contribution in [1.29, 1.82) is 0 Å². The first-order valence-electron chi connectivity index (χ1n) is 8.62. The fourth-order valence-electron chi connectivity index (χ4n) is 2.83. The van der Waals surface area contributed by atoms with Gasteiger partial charge in [0.2, 0.25) is 0 Å². The van der Waals surface area contributed by atoms with Crippen LogP contribution in [0.3, 0.4) is 0 Å². The lowest BCUT2D eigenvalue weighted by molar-refractivity contribution is 0.0945. The van der Waals surface area contributed by atoms with E-state index in [9.17, 15) is 4.79 Å². The van der Waals surface area contributed by atoms with Crippen molar-refractivity contribution in [3.8, 4) is 17.2 Å². The molecule has 1 amide bonds. The molecule has 2 aromatic rings. The first kappa shape index (κ1) is 20.9. The summed E-state index contributed by atoms with van der Waals surface area (Å²) in [7, 11) is 3.19. The molecule has 1 aliphatic rings. The Kier molecular flexibility index (Phi) is 7.75. The molecule has 3 rings (SSSR count). The molecule has 0 saturated carbocycles. The number of nitrogens with zero attached hydrogens (tertiary/aromatic N) is 1. The third-order valence-corrected chi connectivity index (χ3v) is 4.22. The Bertz CT molecular complexity index is 744. The van der Waals surface area contributed by atoms with Crippen molar-refractivity contribution in [2.75, 3.05) is 33.9 Å². The molecule has 1 aromatic carbocycles. The second-order valence-corrected chi connectivity index (χ2v) is 5.96. The Balaban J connectivity index is 0.00000261. The number of hydrogen-bond acceptors (Lipinski definition) is 6. The summed E-state index contributed by atoms with van der Waals surface area (Å²) in [5.41, 5.74) is 2.49. The van der Waals surface area contributed by atoms with E-state index >= 15 is 0 Å². The van der Waals surface area contributed by atoms with E-state index in [4.69, 9.17) is 14.2 Å². The normalized spacial score (nSPS) is 12.5. The first-order valence-corrected chi connectivity index (χ1v) is 8.62. The summed E-state index contributed by atoms with van der Waals surface area (Å²) in [6, 6.07) is 5.38. The number of ether oxygens (including phenoxy) is 3. The number of halogens is 1. The lowest BCUT2D eigenvalue weighted by Gasteiger charge is -2.13. The van der Waals surface area contributed by atoms with Gasteiger partial charge in [0, 0.05) is 55.5 Å². The third kappa shape index (κ3) is 5.27. The van der Waals surface area contributed by atoms with Crippen LogP contribution >= 0.6 is 12.4 Å². The zero-order chi connectivity index (χ0) is 18.4. The van der Waals surface area contributed by atoms with E-state index in [1.165, 1.54) is 0 Å². The summed E-state index contributed by atoms with van der Waals surface area (Å²) in [5, 5.41) is 13.2. The van der Waals surface area contributed by atoms with Crippen molar-refractivity contribution in [3.05, 3.63) is 35.2 Å². The molecule has 148 valence electrons. The molecule has 0 unspecified atom stereocenters. The molecule has 9 heteroatoms. The van der Waals surface area contributed by atoms with Crippen molar-refractivity contribution in [2.45, 2.75) is 19.4 Å². The summed E-state index contributed by atoms with van der Waals surface area (Å²) in [6.45, 7) is 2.56. The number of carbonyl (C=O) groups is 1. The van der Waals surface area contributed by atoms with E-state index in [-0.39, 0.29) is 18.3 Å². The van der Waals surface area contributed by atoms with Crippen LogP contribution in [0.5, 0.6) is 17.2 Å². The number of H-pyrrole nitrogens is 1. The molecule has 0 aliphatic carbocycles. The number of rotatable bonds is 8. The lowest BCUT2D eigenvalue weighted by atomic mass is 10.1. The molecule has 0 radical (unpaired) electrons. The van der Waals surface area contributed by atoms with Crippen molar-refractivity contribution in [3.63, 3.8) is 0 Å². The van der Waals surface area contributed by atoms with Gasteiger partial charge in [0.15, 0.2) is 5.69 Å². The average Bonchev–Trinajstić information content (AvgIpc) is 3.11. The highest BCUT2D eigenvalue weighted by Gasteiger charge is 2.21. The number of amides is 1. The second-order valence-electron chi connectivity index (χ2n) is 5.96. The van der Waals surface area contributed by atoms with Crippen LogP contribution in [0, 0.1) is 0 Å². The number of nitrogens with one attached hydrogen (secondary N) is 3. The predicted molar refractivity (Wildman–Crippen MR) is 103 cm³/mol. The maximum atomic E-state index is 12.3. The van der Waals surface area contributed by atoms with Crippen LogP contribution in [0.1, 0.15) is 28.2 Å². The molecular formula is C18H25ClN4O4. The fourth-order valence-corrected chi connectivity index (χ4v) is 2.83. The van der Waals surface area contributed by atoms with Gasteiger partial charge in [-0.15, -0.1) is 12.4 Å². The van der Waals surface area contributed by atoms with Gasteiger partial charge in [0.05, 0.1) is 20.8 Å². The van der Waals surface area contributed by atoms with Crippen LogP contribution in [0.4, 0.5) is 0 Å². The van der Waals surface area contributed by atoms with Gasteiger partial charge in [-0.05, 0) is 6.42 Å². The minimum absolute atomic E-state index is 0. The monoisotopic (exact) mass is 396 g/mol. The molecule has 0 fully saturated rings. The van der Waals surface area contributed by atoms with E-state index in [0.717, 1.165) is 24.2 Å². The summed E-state index contributed by atoms with van der Waals surface area (Å²) in [4.78, 5) is 12.3. The van der Waals surface area contributed by atoms with Crippen LogP contribution < -0.4 is 24.8 Å². The Morgan fingerprint density at radius 2 is 1.89 bits per heavy atom. The van der Waals surface area contributed by atoms with Gasteiger partial charge in [-0.2, -0.15) is 5.10 Å². The van der Waals surface area contributed by atoms with E-state index in [2.05, 4.69) is 20.8 Å². The molecule has 27 heavy (non-hydrogen) atoms. The number of aromatic nitrogens is 2. The summed E-state index contributed by atoms with van der Waals surface area (Å²) < 4.78 is 16.1. The van der Waals surface area contributed by atoms with Crippen LogP contribution in [0.2, 0.25) is 0 Å². The molecule has 3 N–H and O–H groups in total. The second kappa shape index (κ2) is 10.0. The fraction of sp³-hybridized carbons (Fsp3) is 0.444. The number of hydrogen-bond donors (Lipinski definition) is 3. The summed E-state index contributed by atoms with van der Waals surface area (Å²) >= 11 is 0. The predicted octanol–water partition coefficient (Wildman–Crippen LogP) is 1.69. The summed E-state index contributed by atoms with van der Waals surface area (Å²) in [5.74, 6) is 1.85. The molecule has 1 aromatic heterocycles. The topological polar surface area (TPSA) is 97.5 Å². The standard InChI is InChI=1S/C18H24N4O4.ClH/c1-24-12-8-13(25-2)10-14(9-12)26-7-3-5-20-18(23)17-15-11-19-6-4-16(15)21-22-17;/h8-10,19H,3-7,11H2,1-2H3,(H,20,23)(H,21,22);1H. The van der Waals surface area contributed by atoms with Gasteiger partial charge in [0.25, 0.3) is 5.91 Å². The van der Waals surface area contributed by atoms with E-state index in [0.29, 0.717) is 49.1 Å². The molecule has 0 bridgehead atoms. The Morgan fingerprint density at radius 3 is 2.59 bits per heavy atom. The van der Waals surface area contributed by atoms with E-state index in [1.54, 1.807) is 32.4 Å². The Hall–Kier alpha value is -2.45. The van der Waals surface area contributed by atoms with Crippen molar-refractivity contribution in [2.24, 2.45) is 0 Å².